The highest BCUT2D eigenvalue weighted by molar-refractivity contribution is 7.90. The number of rotatable bonds is 4. The second kappa shape index (κ2) is 6.57. The summed E-state index contributed by atoms with van der Waals surface area (Å²) in [6.45, 7) is 1.23. The Hall–Kier alpha value is -0.740. The van der Waals surface area contributed by atoms with Gasteiger partial charge in [-0.15, -0.1) is 12.4 Å². The van der Waals surface area contributed by atoms with Crippen LogP contribution in [-0.4, -0.2) is 42.2 Å². The normalized spacial score (nSPS) is 19.2. The minimum absolute atomic E-state index is 0. The van der Waals surface area contributed by atoms with E-state index in [-0.39, 0.29) is 23.3 Å². The van der Waals surface area contributed by atoms with E-state index in [9.17, 15) is 21.2 Å². The summed E-state index contributed by atoms with van der Waals surface area (Å²) in [7, 11) is -7.57. The first-order chi connectivity index (χ1) is 9.20. The van der Waals surface area contributed by atoms with Crippen LogP contribution in [0, 0.1) is 5.82 Å². The molecule has 1 saturated heterocycles. The van der Waals surface area contributed by atoms with Gasteiger partial charge in [0.2, 0.25) is 10.0 Å². The van der Waals surface area contributed by atoms with Crippen molar-refractivity contribution in [2.45, 2.75) is 22.3 Å². The lowest BCUT2D eigenvalue weighted by molar-refractivity contribution is 0.551. The van der Waals surface area contributed by atoms with E-state index in [4.69, 9.17) is 0 Å². The van der Waals surface area contributed by atoms with E-state index < -0.39 is 30.6 Å². The Bertz CT molecular complexity index is 716. The van der Waals surface area contributed by atoms with Crippen LogP contribution in [0.1, 0.15) is 6.42 Å². The van der Waals surface area contributed by atoms with Gasteiger partial charge in [-0.05, 0) is 31.2 Å². The van der Waals surface area contributed by atoms with Gasteiger partial charge in [-0.25, -0.2) is 25.9 Å². The van der Waals surface area contributed by atoms with Gasteiger partial charge in [-0.3, -0.25) is 0 Å². The van der Waals surface area contributed by atoms with Crippen molar-refractivity contribution in [3.05, 3.63) is 24.0 Å². The first-order valence-electron chi connectivity index (χ1n) is 5.93. The third-order valence-electron chi connectivity index (χ3n) is 3.00. The topological polar surface area (TPSA) is 92.3 Å². The summed E-state index contributed by atoms with van der Waals surface area (Å²) in [5.74, 6) is -1.07. The Kier molecular flexibility index (Phi) is 5.73. The molecule has 0 spiro atoms. The van der Waals surface area contributed by atoms with E-state index in [0.29, 0.717) is 19.5 Å². The maximum absolute atomic E-state index is 13.7. The van der Waals surface area contributed by atoms with Gasteiger partial charge >= 0.3 is 0 Å². The summed E-state index contributed by atoms with van der Waals surface area (Å²) in [5.41, 5.74) is 0. The van der Waals surface area contributed by atoms with Crippen molar-refractivity contribution in [1.29, 1.82) is 0 Å². The molecule has 1 aliphatic rings. The number of halogens is 2. The zero-order valence-corrected chi connectivity index (χ0v) is 13.6. The third-order valence-corrected chi connectivity index (χ3v) is 5.64. The standard InChI is InChI=1S/C11H15FN2O4S2.ClH/c1-19(15,16)11-3-2-9(6-10(11)12)20(17,18)14-8-4-5-13-7-8;/h2-3,6,8,13-14H,4-5,7H2,1H3;1H. The van der Waals surface area contributed by atoms with Gasteiger partial charge in [-0.1, -0.05) is 0 Å². The van der Waals surface area contributed by atoms with Crippen molar-refractivity contribution in [1.82, 2.24) is 10.0 Å². The van der Waals surface area contributed by atoms with E-state index in [0.717, 1.165) is 24.5 Å². The first kappa shape index (κ1) is 18.3. The van der Waals surface area contributed by atoms with E-state index in [1.165, 1.54) is 0 Å². The highest BCUT2D eigenvalue weighted by atomic mass is 35.5. The fourth-order valence-corrected chi connectivity index (χ4v) is 4.00. The average Bonchev–Trinajstić information content (AvgIpc) is 2.79. The number of sulfone groups is 1. The number of nitrogens with one attached hydrogen (secondary N) is 2. The predicted octanol–water partition coefficient (Wildman–Crippen LogP) is 0.291. The number of sulfonamides is 1. The molecule has 1 atom stereocenters. The third kappa shape index (κ3) is 4.36. The van der Waals surface area contributed by atoms with Crippen LogP contribution in [0.25, 0.3) is 0 Å². The van der Waals surface area contributed by atoms with Crippen LogP contribution in [-0.2, 0) is 19.9 Å². The number of hydrogen-bond acceptors (Lipinski definition) is 5. The smallest absolute Gasteiger partial charge is 0.240 e. The molecule has 21 heavy (non-hydrogen) atoms. The molecule has 1 aromatic carbocycles. The Morgan fingerprint density at radius 2 is 1.95 bits per heavy atom. The maximum Gasteiger partial charge on any atom is 0.240 e. The molecule has 1 unspecified atom stereocenters. The van der Waals surface area contributed by atoms with Crippen LogP contribution in [0.5, 0.6) is 0 Å². The molecule has 0 bridgehead atoms. The zero-order chi connectivity index (χ0) is 15.0. The van der Waals surface area contributed by atoms with Crippen molar-refractivity contribution < 1.29 is 21.2 Å². The molecule has 0 amide bonds. The van der Waals surface area contributed by atoms with E-state index in [1.54, 1.807) is 0 Å². The molecule has 1 aliphatic heterocycles. The molecule has 0 saturated carbocycles. The molecule has 2 N–H and O–H groups in total. The number of hydrogen-bond donors (Lipinski definition) is 2. The fourth-order valence-electron chi connectivity index (χ4n) is 1.99. The molecule has 0 aliphatic carbocycles. The molecule has 1 fully saturated rings. The van der Waals surface area contributed by atoms with Crippen LogP contribution in [0.15, 0.2) is 28.0 Å². The summed E-state index contributed by atoms with van der Waals surface area (Å²) in [5, 5.41) is 3.01. The molecule has 10 heteroatoms. The van der Waals surface area contributed by atoms with Crippen molar-refractivity contribution in [3.63, 3.8) is 0 Å². The van der Waals surface area contributed by atoms with Gasteiger partial charge in [0.05, 0.1) is 4.90 Å². The lowest BCUT2D eigenvalue weighted by atomic mass is 10.3. The summed E-state index contributed by atoms with van der Waals surface area (Å²) in [4.78, 5) is -0.798. The highest BCUT2D eigenvalue weighted by Gasteiger charge is 2.24. The Balaban J connectivity index is 0.00000220. The lowest BCUT2D eigenvalue weighted by Gasteiger charge is -2.12. The quantitative estimate of drug-likeness (QED) is 0.807. The van der Waals surface area contributed by atoms with Crippen LogP contribution in [0.3, 0.4) is 0 Å². The molecule has 6 nitrogen and oxygen atoms in total. The van der Waals surface area contributed by atoms with Crippen molar-refractivity contribution >= 4 is 32.3 Å². The van der Waals surface area contributed by atoms with Crippen LogP contribution >= 0.6 is 12.4 Å². The maximum atomic E-state index is 13.7. The minimum Gasteiger partial charge on any atom is -0.315 e. The number of benzene rings is 1. The SMILES string of the molecule is CS(=O)(=O)c1ccc(S(=O)(=O)NC2CCNC2)cc1F.Cl. The Morgan fingerprint density at radius 1 is 1.29 bits per heavy atom. The van der Waals surface area contributed by atoms with Gasteiger partial charge in [0.25, 0.3) is 0 Å². The van der Waals surface area contributed by atoms with Crippen molar-refractivity contribution in [2.24, 2.45) is 0 Å². The van der Waals surface area contributed by atoms with Crippen LogP contribution in [0.2, 0.25) is 0 Å². The van der Waals surface area contributed by atoms with Crippen molar-refractivity contribution in [3.8, 4) is 0 Å². The summed E-state index contributed by atoms with van der Waals surface area (Å²) >= 11 is 0. The summed E-state index contributed by atoms with van der Waals surface area (Å²) in [6.07, 6.45) is 1.52. The summed E-state index contributed by atoms with van der Waals surface area (Å²) < 4.78 is 62.8. The molecule has 120 valence electrons. The van der Waals surface area contributed by atoms with E-state index >= 15 is 0 Å². The molecule has 1 aromatic rings. The van der Waals surface area contributed by atoms with E-state index in [2.05, 4.69) is 10.0 Å². The first-order valence-corrected chi connectivity index (χ1v) is 9.30. The van der Waals surface area contributed by atoms with Gasteiger partial charge in [0, 0.05) is 18.8 Å². The zero-order valence-electron chi connectivity index (χ0n) is 11.2. The molecule has 0 aromatic heterocycles. The van der Waals surface area contributed by atoms with Crippen molar-refractivity contribution in [2.75, 3.05) is 19.3 Å². The van der Waals surface area contributed by atoms with Crippen LogP contribution < -0.4 is 10.0 Å². The largest absolute Gasteiger partial charge is 0.315 e. The molecular formula is C11H16ClFN2O4S2. The Labute approximate surface area is 129 Å². The van der Waals surface area contributed by atoms with Crippen LogP contribution in [0.4, 0.5) is 4.39 Å². The van der Waals surface area contributed by atoms with Gasteiger partial charge < -0.3 is 5.32 Å². The predicted molar refractivity (Wildman–Crippen MR) is 78.4 cm³/mol. The lowest BCUT2D eigenvalue weighted by Crippen LogP contribution is -2.36. The van der Waals surface area contributed by atoms with E-state index in [1.807, 2.05) is 0 Å². The van der Waals surface area contributed by atoms with Gasteiger partial charge in [-0.2, -0.15) is 0 Å². The minimum atomic E-state index is -3.85. The fraction of sp³-hybridized carbons (Fsp3) is 0.455. The highest BCUT2D eigenvalue weighted by Crippen LogP contribution is 2.19. The van der Waals surface area contributed by atoms with Gasteiger partial charge in [0.1, 0.15) is 10.7 Å². The summed E-state index contributed by atoms with van der Waals surface area (Å²) in [6, 6.07) is 2.54. The molecular weight excluding hydrogens is 343 g/mol. The molecule has 1 heterocycles. The average molecular weight is 359 g/mol. The monoisotopic (exact) mass is 358 g/mol. The molecule has 2 rings (SSSR count). The Morgan fingerprint density at radius 3 is 2.43 bits per heavy atom. The second-order valence-corrected chi connectivity index (χ2v) is 8.37. The molecule has 0 radical (unpaired) electrons. The van der Waals surface area contributed by atoms with Gasteiger partial charge in [0.15, 0.2) is 9.84 Å². The second-order valence-electron chi connectivity index (χ2n) is 4.68.